The molecule has 1 aromatic carbocycles. The summed E-state index contributed by atoms with van der Waals surface area (Å²) in [6.45, 7) is 4.21. The molecule has 3 amide bonds. The van der Waals surface area contributed by atoms with Gasteiger partial charge in [0.1, 0.15) is 5.75 Å². The average Bonchev–Trinajstić information content (AvgIpc) is 3.69. The second-order valence-electron chi connectivity index (χ2n) is 10.5. The monoisotopic (exact) mass is 589 g/mol. The molecule has 42 heavy (non-hydrogen) atoms. The first-order valence-corrected chi connectivity index (χ1v) is 14.9. The van der Waals surface area contributed by atoms with E-state index in [1.807, 2.05) is 23.2 Å². The molecule has 4 aromatic rings. The molecule has 0 spiro atoms. The Bertz CT molecular complexity index is 1580. The fraction of sp³-hybridized carbons (Fsp3) is 0.333. The molecule has 0 atom stereocenters. The van der Waals surface area contributed by atoms with Crippen LogP contribution in [-0.4, -0.2) is 70.5 Å². The Hall–Kier alpha value is -4.13. The predicted molar refractivity (Wildman–Crippen MR) is 160 cm³/mol. The summed E-state index contributed by atoms with van der Waals surface area (Å²) in [5, 5.41) is 5.46. The number of aromatic nitrogens is 2. The van der Waals surface area contributed by atoms with Crippen LogP contribution in [0.15, 0.2) is 54.9 Å². The second kappa shape index (κ2) is 12.4. The van der Waals surface area contributed by atoms with E-state index in [4.69, 9.17) is 15.5 Å². The number of hydrogen-bond donors (Lipinski definition) is 3. The molecule has 1 saturated carbocycles. The summed E-state index contributed by atoms with van der Waals surface area (Å²) in [4.78, 5) is 38.3. The first kappa shape index (κ1) is 28.0. The highest BCUT2D eigenvalue weighted by Crippen LogP contribution is 2.39. The van der Waals surface area contributed by atoms with Crippen molar-refractivity contribution in [2.45, 2.75) is 31.8 Å². The van der Waals surface area contributed by atoms with Gasteiger partial charge < -0.3 is 26.0 Å². The quantitative estimate of drug-likeness (QED) is 0.261. The number of hydrogen-bond acceptors (Lipinski definition) is 8. The van der Waals surface area contributed by atoms with Crippen LogP contribution in [0.4, 0.5) is 14.9 Å². The van der Waals surface area contributed by atoms with Crippen molar-refractivity contribution >= 4 is 39.2 Å². The zero-order valence-electron chi connectivity index (χ0n) is 23.0. The fourth-order valence-corrected chi connectivity index (χ4v) is 5.88. The van der Waals surface area contributed by atoms with E-state index >= 15 is 0 Å². The number of fused-ring (bicyclic) bond motifs is 1. The van der Waals surface area contributed by atoms with Crippen LogP contribution in [0.2, 0.25) is 0 Å². The third kappa shape index (κ3) is 6.67. The van der Waals surface area contributed by atoms with E-state index < -0.39 is 5.82 Å². The Kier molecular flexibility index (Phi) is 8.27. The van der Waals surface area contributed by atoms with Crippen molar-refractivity contribution in [2.24, 2.45) is 5.73 Å². The van der Waals surface area contributed by atoms with Crippen molar-refractivity contribution in [1.29, 1.82) is 0 Å². The molecular weight excluding hydrogens is 557 g/mol. The van der Waals surface area contributed by atoms with Gasteiger partial charge in [0.15, 0.2) is 11.6 Å². The van der Waals surface area contributed by atoms with Crippen LogP contribution >= 0.6 is 11.3 Å². The SMILES string of the molecule is NCCC(=O)N1CCN(Cc2ccc(-c3cc4nccc(Oc5ccc(NC(=O)NC6CC6)cc5F)c4s3)nc2)CC1. The number of thiophene rings is 1. The molecule has 2 aliphatic rings. The summed E-state index contributed by atoms with van der Waals surface area (Å²) in [5.74, 6) is 0.0854. The third-order valence-corrected chi connectivity index (χ3v) is 8.43. The number of nitrogens with one attached hydrogen (secondary N) is 2. The lowest BCUT2D eigenvalue weighted by Gasteiger charge is -2.34. The first-order valence-electron chi connectivity index (χ1n) is 14.0. The van der Waals surface area contributed by atoms with Crippen molar-refractivity contribution in [3.05, 3.63) is 66.2 Å². The molecular formula is C30H32FN7O3S. The number of nitrogens with two attached hydrogens (primary N) is 1. The lowest BCUT2D eigenvalue weighted by Crippen LogP contribution is -2.48. The van der Waals surface area contributed by atoms with Gasteiger partial charge in [0, 0.05) is 81.9 Å². The molecule has 3 aromatic heterocycles. The van der Waals surface area contributed by atoms with Gasteiger partial charge >= 0.3 is 6.03 Å². The third-order valence-electron chi connectivity index (χ3n) is 7.26. The molecule has 0 radical (unpaired) electrons. The number of urea groups is 1. The molecule has 12 heteroatoms. The highest BCUT2D eigenvalue weighted by Gasteiger charge is 2.23. The van der Waals surface area contributed by atoms with Crippen molar-refractivity contribution in [3.63, 3.8) is 0 Å². The number of halogens is 1. The molecule has 10 nitrogen and oxygen atoms in total. The van der Waals surface area contributed by atoms with Gasteiger partial charge in [0.2, 0.25) is 5.91 Å². The lowest BCUT2D eigenvalue weighted by molar-refractivity contribution is -0.132. The van der Waals surface area contributed by atoms with Gasteiger partial charge in [-0.15, -0.1) is 11.3 Å². The van der Waals surface area contributed by atoms with Crippen LogP contribution in [0, 0.1) is 5.82 Å². The maximum atomic E-state index is 14.9. The normalized spacial score (nSPS) is 15.5. The maximum Gasteiger partial charge on any atom is 0.319 e. The van der Waals surface area contributed by atoms with E-state index in [1.54, 1.807) is 18.3 Å². The Morgan fingerprint density at radius 3 is 2.60 bits per heavy atom. The van der Waals surface area contributed by atoms with E-state index in [-0.39, 0.29) is 23.7 Å². The Morgan fingerprint density at radius 1 is 1.05 bits per heavy atom. The van der Waals surface area contributed by atoms with E-state index in [0.29, 0.717) is 37.5 Å². The number of rotatable bonds is 9. The minimum Gasteiger partial charge on any atom is -0.453 e. The molecule has 1 aliphatic carbocycles. The van der Waals surface area contributed by atoms with E-state index in [9.17, 15) is 14.0 Å². The number of anilines is 1. The minimum absolute atomic E-state index is 0.0534. The van der Waals surface area contributed by atoms with Crippen LogP contribution in [0.1, 0.15) is 24.8 Å². The summed E-state index contributed by atoms with van der Waals surface area (Å²) in [5.41, 5.74) is 8.51. The standard InChI is InChI=1S/C30H32FN7O3S/c31-22-15-21(36-30(40)35-20-2-3-20)4-6-25(22)41-26-8-10-33-24-16-27(42-29(24)26)23-5-1-19(17-34-23)18-37-11-13-38(14-12-37)28(39)7-9-32/h1,4-6,8,10,15-17,20H,2-3,7,9,11-14,18,32H2,(H2,35,36,40). The van der Waals surface area contributed by atoms with Crippen molar-refractivity contribution < 1.29 is 18.7 Å². The number of amides is 3. The zero-order valence-corrected chi connectivity index (χ0v) is 23.8. The number of benzene rings is 1. The largest absolute Gasteiger partial charge is 0.453 e. The Labute approximate surface area is 246 Å². The van der Waals surface area contributed by atoms with Crippen LogP contribution < -0.4 is 21.1 Å². The summed E-state index contributed by atoms with van der Waals surface area (Å²) in [7, 11) is 0. The molecule has 1 saturated heterocycles. The van der Waals surface area contributed by atoms with Gasteiger partial charge in [-0.1, -0.05) is 6.07 Å². The van der Waals surface area contributed by atoms with Gasteiger partial charge in [-0.05, 0) is 42.7 Å². The number of pyridine rings is 2. The van der Waals surface area contributed by atoms with Crippen LogP contribution in [0.5, 0.6) is 11.5 Å². The number of nitrogens with zero attached hydrogens (tertiary/aromatic N) is 4. The maximum absolute atomic E-state index is 14.9. The van der Waals surface area contributed by atoms with Crippen molar-refractivity contribution in [3.8, 4) is 22.1 Å². The van der Waals surface area contributed by atoms with Gasteiger partial charge in [-0.2, -0.15) is 0 Å². The van der Waals surface area contributed by atoms with Crippen molar-refractivity contribution in [1.82, 2.24) is 25.1 Å². The van der Waals surface area contributed by atoms with E-state index in [2.05, 4.69) is 26.6 Å². The van der Waals surface area contributed by atoms with E-state index in [1.165, 1.54) is 23.5 Å². The Balaban J connectivity index is 1.10. The summed E-state index contributed by atoms with van der Waals surface area (Å²) in [6.07, 6.45) is 5.85. The molecule has 1 aliphatic heterocycles. The molecule has 2 fully saturated rings. The van der Waals surface area contributed by atoms with Crippen LogP contribution in [-0.2, 0) is 11.3 Å². The van der Waals surface area contributed by atoms with E-state index in [0.717, 1.165) is 58.8 Å². The average molecular weight is 590 g/mol. The van der Waals surface area contributed by atoms with Crippen molar-refractivity contribution in [2.75, 3.05) is 38.0 Å². The molecule has 218 valence electrons. The van der Waals surface area contributed by atoms with Gasteiger partial charge in [0.25, 0.3) is 0 Å². The number of carbonyl (C=O) groups is 2. The molecule has 0 bridgehead atoms. The topological polar surface area (TPSA) is 126 Å². The zero-order chi connectivity index (χ0) is 29.1. The molecule has 4 N–H and O–H groups in total. The number of ether oxygens (including phenoxy) is 1. The van der Waals surface area contributed by atoms with Gasteiger partial charge in [-0.3, -0.25) is 19.7 Å². The van der Waals surface area contributed by atoms with Gasteiger partial charge in [0.05, 0.1) is 20.8 Å². The number of carbonyl (C=O) groups excluding carboxylic acids is 2. The summed E-state index contributed by atoms with van der Waals surface area (Å²) >= 11 is 1.48. The fourth-order valence-electron chi connectivity index (χ4n) is 4.84. The number of piperazine rings is 1. The van der Waals surface area contributed by atoms with Crippen LogP contribution in [0.25, 0.3) is 20.8 Å². The first-order chi connectivity index (χ1) is 20.4. The second-order valence-corrected chi connectivity index (χ2v) is 11.6. The highest BCUT2D eigenvalue weighted by atomic mass is 32.1. The molecule has 0 unspecified atom stereocenters. The summed E-state index contributed by atoms with van der Waals surface area (Å²) in [6, 6.07) is 11.9. The lowest BCUT2D eigenvalue weighted by atomic mass is 10.2. The highest BCUT2D eigenvalue weighted by molar-refractivity contribution is 7.22. The Morgan fingerprint density at radius 2 is 1.88 bits per heavy atom. The molecule has 4 heterocycles. The smallest absolute Gasteiger partial charge is 0.319 e. The van der Waals surface area contributed by atoms with Gasteiger partial charge in [-0.25, -0.2) is 9.18 Å². The predicted octanol–water partition coefficient (Wildman–Crippen LogP) is 4.57. The molecule has 6 rings (SSSR count). The summed E-state index contributed by atoms with van der Waals surface area (Å²) < 4.78 is 21.6. The minimum atomic E-state index is -0.582. The van der Waals surface area contributed by atoms with Crippen LogP contribution in [0.3, 0.4) is 0 Å².